The van der Waals surface area contributed by atoms with Crippen LogP contribution in [0.25, 0.3) is 10.9 Å². The molecule has 0 aliphatic carbocycles. The molecular weight excluding hydrogens is 648 g/mol. The van der Waals surface area contributed by atoms with E-state index in [0.717, 1.165) is 5.52 Å². The van der Waals surface area contributed by atoms with Gasteiger partial charge in [0.25, 0.3) is 0 Å². The van der Waals surface area contributed by atoms with E-state index in [9.17, 15) is 9.59 Å². The van der Waals surface area contributed by atoms with Gasteiger partial charge in [-0.3, -0.25) is 4.98 Å². The van der Waals surface area contributed by atoms with Crippen molar-refractivity contribution in [3.05, 3.63) is 42.6 Å². The molecule has 0 atom stereocenters. The van der Waals surface area contributed by atoms with Crippen molar-refractivity contribution < 1.29 is 50.4 Å². The molecule has 0 N–H and O–H groups in total. The average molecular weight is 661 g/mol. The predicted octanol–water partition coefficient (Wildman–Crippen LogP) is -0.949. The maximum Gasteiger partial charge on any atom is 2.00 e. The molecule has 2 radical (unpaired) electrons. The summed E-state index contributed by atoms with van der Waals surface area (Å²) >= 11 is -1.82. The van der Waals surface area contributed by atoms with Crippen LogP contribution in [0.1, 0.15) is 13.8 Å². The Labute approximate surface area is 201 Å². The van der Waals surface area contributed by atoms with Crippen LogP contribution in [0, 0.1) is 0 Å². The monoisotopic (exact) mass is 661 g/mol. The summed E-state index contributed by atoms with van der Waals surface area (Å²) in [7, 11) is 0. The van der Waals surface area contributed by atoms with Gasteiger partial charge in [0.2, 0.25) is 0 Å². The summed E-state index contributed by atoms with van der Waals surface area (Å²) in [5.74, 6) is -0.751. The predicted molar refractivity (Wildman–Crippen MR) is 82.2 cm³/mol. The molecule has 0 saturated carbocycles. The van der Waals surface area contributed by atoms with E-state index in [-0.39, 0.29) is 70.1 Å². The average Bonchev–Trinajstić information content (AvgIpc) is 2.47. The molecule has 11 heteroatoms. The second-order valence-corrected chi connectivity index (χ2v) is 5.95. The van der Waals surface area contributed by atoms with E-state index in [1.807, 2.05) is 30.5 Å². The summed E-state index contributed by atoms with van der Waals surface area (Å²) in [6, 6.07) is 12.1. The molecule has 0 saturated heterocycles. The standard InChI is InChI=1S/C9H7N.2C2H4O2.CH2O3.Ca.Pb.Pd/c1-2-6-9-8(4-1)5-3-7-10-9;2*1-2(3)4;2-1(3)4;;;/h1-7H;2*1H3,(H,3,4);(H2,2,3,4);;;/q;;;;2*+2;/p-4. The molecule has 8 nitrogen and oxygen atoms in total. The van der Waals surface area contributed by atoms with E-state index in [4.69, 9.17) is 15.0 Å². The van der Waals surface area contributed by atoms with Crippen molar-refractivity contribution in [3.63, 3.8) is 0 Å². The fraction of sp³-hybridized carbons (Fsp3) is 0.143. The molecule has 0 bridgehead atoms. The summed E-state index contributed by atoms with van der Waals surface area (Å²) in [4.78, 5) is 32.6. The smallest absolute Gasteiger partial charge is 0.652 e. The second-order valence-electron chi connectivity index (χ2n) is 3.72. The third-order valence-electron chi connectivity index (χ3n) is 1.88. The second kappa shape index (κ2) is 18.5. The third kappa shape index (κ3) is 19.9. The Morgan fingerprint density at radius 1 is 0.960 bits per heavy atom. The quantitative estimate of drug-likeness (QED) is 0.378. The fourth-order valence-electron chi connectivity index (χ4n) is 1.15. The van der Waals surface area contributed by atoms with Gasteiger partial charge < -0.3 is 15.0 Å². The number of carbonyl (C=O) groups excluding carboxylic acids is 3. The first-order chi connectivity index (χ1) is 10.8. The summed E-state index contributed by atoms with van der Waals surface area (Å²) in [5.41, 5.74) is 1.06. The van der Waals surface area contributed by atoms with Crippen LogP contribution in [0.2, 0.25) is 0 Å². The number of nitrogens with zero attached hydrogens (tertiary/aromatic N) is 1. The minimum absolute atomic E-state index is 0. The molecule has 0 fully saturated rings. The van der Waals surface area contributed by atoms with Gasteiger partial charge in [0.1, 0.15) is 0 Å². The topological polar surface area (TPSA) is 129 Å². The van der Waals surface area contributed by atoms with Gasteiger partial charge in [-0.25, -0.2) is 0 Å². The Balaban J connectivity index is -0.000000303. The minimum atomic E-state index is -2.33. The first kappa shape index (κ1) is 29.4. The van der Waals surface area contributed by atoms with Gasteiger partial charge in [0, 0.05) is 32.0 Å². The maximum absolute atomic E-state index is 10.1. The summed E-state index contributed by atoms with van der Waals surface area (Å²) in [5, 5.41) is 17.9. The zero-order valence-corrected chi connectivity index (χ0v) is 21.0. The van der Waals surface area contributed by atoms with Crippen LogP contribution in [0.5, 0.6) is 0 Å². The van der Waals surface area contributed by atoms with Crippen LogP contribution < -0.4 is 10.2 Å². The third-order valence-corrected chi connectivity index (χ3v) is 4.77. The number of aromatic nitrogens is 1. The maximum atomic E-state index is 10.1. The Hall–Kier alpha value is -0.316. The SMILES string of the molecule is CC(=O)[O][Pb][O]C(C)=O.O=C([O-])[O-].[Ca+2].[Pd].c1ccc2ncccc2c1. The van der Waals surface area contributed by atoms with Crippen molar-refractivity contribution >= 4 is 91.9 Å². The van der Waals surface area contributed by atoms with Crippen LogP contribution in [0.15, 0.2) is 42.6 Å². The molecule has 0 unspecified atom stereocenters. The largest absolute Gasteiger partial charge is 2.00 e. The van der Waals surface area contributed by atoms with E-state index in [2.05, 4.69) is 22.5 Å². The number of carbonyl (C=O) groups is 3. The number of carboxylic acid groups (broad SMARTS) is 2. The first-order valence-corrected chi connectivity index (χ1v) is 9.28. The first-order valence-electron chi connectivity index (χ1n) is 6.10. The summed E-state index contributed by atoms with van der Waals surface area (Å²) < 4.78 is 8.93. The van der Waals surface area contributed by atoms with Crippen molar-refractivity contribution in [1.82, 2.24) is 4.98 Å². The fourth-order valence-corrected chi connectivity index (χ4v) is 2.23. The van der Waals surface area contributed by atoms with Crippen LogP contribution in [0.4, 0.5) is 4.79 Å². The molecule has 1 aromatic heterocycles. The van der Waals surface area contributed by atoms with Crippen LogP contribution in [0.3, 0.4) is 0 Å². The normalized spacial score (nSPS) is 7.92. The van der Waals surface area contributed by atoms with Gasteiger partial charge in [-0.05, 0) is 18.3 Å². The van der Waals surface area contributed by atoms with Crippen molar-refractivity contribution in [2.24, 2.45) is 0 Å². The van der Waals surface area contributed by atoms with E-state index >= 15 is 0 Å². The molecule has 1 aromatic carbocycles. The van der Waals surface area contributed by atoms with E-state index in [0.29, 0.717) is 0 Å². The Morgan fingerprint density at radius 3 is 1.84 bits per heavy atom. The van der Waals surface area contributed by atoms with E-state index in [1.54, 1.807) is 0 Å². The molecule has 1 heterocycles. The van der Waals surface area contributed by atoms with Crippen LogP contribution in [-0.4, -0.2) is 86.0 Å². The van der Waals surface area contributed by atoms with Crippen molar-refractivity contribution in [3.8, 4) is 0 Å². The summed E-state index contributed by atoms with van der Waals surface area (Å²) in [6.07, 6.45) is -0.525. The number of hydrogen-bond donors (Lipinski definition) is 0. The number of rotatable bonds is 2. The van der Waals surface area contributed by atoms with Crippen molar-refractivity contribution in [2.45, 2.75) is 13.8 Å². The van der Waals surface area contributed by atoms with E-state index < -0.39 is 31.3 Å². The number of pyridine rings is 1. The Bertz CT molecular complexity index is 576. The zero-order valence-electron chi connectivity index (χ0n) is 13.4. The molecule has 2 rings (SSSR count). The molecule has 0 aliphatic heterocycles. The number of benzene rings is 1. The van der Waals surface area contributed by atoms with Gasteiger partial charge in [0.15, 0.2) is 0 Å². The van der Waals surface area contributed by atoms with Crippen molar-refractivity contribution in [2.75, 3.05) is 0 Å². The van der Waals surface area contributed by atoms with Gasteiger partial charge in [-0.1, -0.05) is 24.3 Å². The van der Waals surface area contributed by atoms with E-state index in [1.165, 1.54) is 19.2 Å². The van der Waals surface area contributed by atoms with Crippen molar-refractivity contribution in [1.29, 1.82) is 0 Å². The molecule has 25 heavy (non-hydrogen) atoms. The van der Waals surface area contributed by atoms with Gasteiger partial charge in [-0.2, -0.15) is 0 Å². The Kier molecular flexibility index (Phi) is 21.8. The van der Waals surface area contributed by atoms with Gasteiger partial charge in [-0.15, -0.1) is 0 Å². The Morgan fingerprint density at radius 2 is 1.40 bits per heavy atom. The molecular formula is C14H13CaNO7PbPd. The molecule has 132 valence electrons. The minimum Gasteiger partial charge on any atom is -0.652 e. The summed E-state index contributed by atoms with van der Waals surface area (Å²) in [6.45, 7) is 2.58. The number of para-hydroxylation sites is 1. The zero-order chi connectivity index (χ0) is 17.7. The number of hydrogen-bond acceptors (Lipinski definition) is 8. The van der Waals surface area contributed by atoms with Crippen LogP contribution in [-0.2, 0) is 35.4 Å². The molecule has 2 aromatic rings. The van der Waals surface area contributed by atoms with Gasteiger partial charge >= 0.3 is 104 Å². The number of fused-ring (bicyclic) bond motifs is 1. The molecule has 0 aliphatic rings. The molecule has 0 amide bonds. The van der Waals surface area contributed by atoms with Crippen LogP contribution >= 0.6 is 0 Å². The van der Waals surface area contributed by atoms with Gasteiger partial charge in [0.05, 0.1) is 5.52 Å². The molecule has 0 spiro atoms.